The number of nitrogens with two attached hydrogens (primary N) is 1. The second-order valence-corrected chi connectivity index (χ2v) is 4.86. The van der Waals surface area contributed by atoms with Gasteiger partial charge in [-0.3, -0.25) is 20.0 Å². The Morgan fingerprint density at radius 2 is 2.22 bits per heavy atom. The van der Waals surface area contributed by atoms with E-state index < -0.39 is 11.0 Å². The van der Waals surface area contributed by atoms with Gasteiger partial charge in [0.2, 0.25) is 5.91 Å². The number of non-ortho nitro benzene ring substituents is 1. The van der Waals surface area contributed by atoms with Crippen LogP contribution in [0.3, 0.4) is 0 Å². The maximum absolute atomic E-state index is 11.8. The van der Waals surface area contributed by atoms with Crippen molar-refractivity contribution in [3.8, 4) is 11.3 Å². The van der Waals surface area contributed by atoms with Crippen molar-refractivity contribution in [1.29, 1.82) is 0 Å². The van der Waals surface area contributed by atoms with Crippen LogP contribution >= 0.6 is 12.4 Å². The van der Waals surface area contributed by atoms with Crippen LogP contribution < -0.4 is 11.1 Å². The van der Waals surface area contributed by atoms with E-state index in [1.54, 1.807) is 18.2 Å². The first-order valence-electron chi connectivity index (χ1n) is 6.88. The van der Waals surface area contributed by atoms with Crippen molar-refractivity contribution >= 4 is 29.8 Å². The Labute approximate surface area is 139 Å². The number of aromatic amines is 1. The van der Waals surface area contributed by atoms with Gasteiger partial charge < -0.3 is 11.1 Å². The Hall–Kier alpha value is -2.45. The molecule has 1 atom stereocenters. The molecule has 1 amide bonds. The Balaban J connectivity index is 0.00000264. The van der Waals surface area contributed by atoms with E-state index in [9.17, 15) is 14.9 Å². The number of nitrogens with zero attached hydrogens (tertiary/aromatic N) is 2. The van der Waals surface area contributed by atoms with Crippen molar-refractivity contribution in [2.24, 2.45) is 5.73 Å². The molecule has 9 heteroatoms. The largest absolute Gasteiger partial charge is 0.320 e. The first-order chi connectivity index (χ1) is 10.5. The number of hydrogen-bond donors (Lipinski definition) is 3. The van der Waals surface area contributed by atoms with E-state index in [2.05, 4.69) is 15.5 Å². The molecule has 0 aliphatic heterocycles. The van der Waals surface area contributed by atoms with E-state index in [1.165, 1.54) is 12.1 Å². The van der Waals surface area contributed by atoms with Crippen LogP contribution in [0, 0.1) is 10.1 Å². The molecule has 1 heterocycles. The quantitative estimate of drug-likeness (QED) is 0.550. The summed E-state index contributed by atoms with van der Waals surface area (Å²) in [5.41, 5.74) is 6.89. The molecule has 0 spiro atoms. The molecule has 124 valence electrons. The van der Waals surface area contributed by atoms with Crippen molar-refractivity contribution in [3.63, 3.8) is 0 Å². The predicted molar refractivity (Wildman–Crippen MR) is 89.4 cm³/mol. The highest BCUT2D eigenvalue weighted by atomic mass is 35.5. The van der Waals surface area contributed by atoms with Crippen molar-refractivity contribution in [3.05, 3.63) is 40.4 Å². The molecule has 1 aromatic heterocycles. The Morgan fingerprint density at radius 3 is 2.87 bits per heavy atom. The minimum absolute atomic E-state index is 0. The van der Waals surface area contributed by atoms with Gasteiger partial charge in [0.05, 0.1) is 16.7 Å². The summed E-state index contributed by atoms with van der Waals surface area (Å²) in [6.45, 7) is 1.95. The van der Waals surface area contributed by atoms with Crippen molar-refractivity contribution in [2.45, 2.75) is 25.8 Å². The number of H-pyrrole nitrogens is 1. The van der Waals surface area contributed by atoms with Crippen molar-refractivity contribution < 1.29 is 9.72 Å². The van der Waals surface area contributed by atoms with Gasteiger partial charge in [-0.1, -0.05) is 25.5 Å². The average Bonchev–Trinajstić information content (AvgIpc) is 2.96. The van der Waals surface area contributed by atoms with Gasteiger partial charge in [-0.15, -0.1) is 12.4 Å². The number of halogens is 1. The van der Waals surface area contributed by atoms with E-state index in [4.69, 9.17) is 5.73 Å². The zero-order valence-corrected chi connectivity index (χ0v) is 13.3. The first-order valence-corrected chi connectivity index (χ1v) is 6.88. The molecule has 2 aromatic rings. The van der Waals surface area contributed by atoms with E-state index in [0.29, 0.717) is 23.5 Å². The van der Waals surface area contributed by atoms with Gasteiger partial charge in [0, 0.05) is 23.8 Å². The van der Waals surface area contributed by atoms with Crippen LogP contribution in [0.25, 0.3) is 11.3 Å². The summed E-state index contributed by atoms with van der Waals surface area (Å²) in [4.78, 5) is 22.1. The lowest BCUT2D eigenvalue weighted by atomic mass is 10.1. The fraction of sp³-hybridized carbons (Fsp3) is 0.286. The number of benzene rings is 1. The van der Waals surface area contributed by atoms with E-state index in [1.807, 2.05) is 6.92 Å². The van der Waals surface area contributed by atoms with Crippen LogP contribution in [0.1, 0.15) is 19.8 Å². The summed E-state index contributed by atoms with van der Waals surface area (Å²) in [5.74, 6) is 0.0250. The number of nitrogens with one attached hydrogen (secondary N) is 2. The van der Waals surface area contributed by atoms with Crippen LogP contribution in [-0.2, 0) is 4.79 Å². The molecule has 0 aliphatic carbocycles. The molecule has 1 unspecified atom stereocenters. The third kappa shape index (κ3) is 4.76. The molecule has 0 bridgehead atoms. The molecule has 1 aromatic carbocycles. The summed E-state index contributed by atoms with van der Waals surface area (Å²) < 4.78 is 0. The molecule has 8 nitrogen and oxygen atoms in total. The fourth-order valence-electron chi connectivity index (χ4n) is 1.98. The molecular weight excluding hydrogens is 322 g/mol. The van der Waals surface area contributed by atoms with Crippen LogP contribution in [-0.4, -0.2) is 27.1 Å². The zero-order valence-electron chi connectivity index (χ0n) is 12.5. The van der Waals surface area contributed by atoms with E-state index in [0.717, 1.165) is 6.42 Å². The number of carbonyl (C=O) groups excluding carboxylic acids is 1. The number of amides is 1. The number of rotatable bonds is 6. The molecular formula is C14H18ClN5O3. The summed E-state index contributed by atoms with van der Waals surface area (Å²) in [5, 5.41) is 20.1. The normalized spacial score (nSPS) is 11.4. The number of hydrogen-bond acceptors (Lipinski definition) is 5. The molecule has 4 N–H and O–H groups in total. The monoisotopic (exact) mass is 339 g/mol. The van der Waals surface area contributed by atoms with Gasteiger partial charge in [0.25, 0.3) is 5.69 Å². The minimum atomic E-state index is -0.581. The van der Waals surface area contributed by atoms with Crippen molar-refractivity contribution in [2.75, 3.05) is 5.32 Å². The number of nitro benzene ring substituents is 1. The smallest absolute Gasteiger partial charge is 0.270 e. The number of anilines is 1. The summed E-state index contributed by atoms with van der Waals surface area (Å²) >= 11 is 0. The summed E-state index contributed by atoms with van der Waals surface area (Å²) in [6.07, 6.45) is 1.40. The lowest BCUT2D eigenvalue weighted by Gasteiger charge is -2.08. The van der Waals surface area contributed by atoms with Gasteiger partial charge in [-0.2, -0.15) is 5.10 Å². The van der Waals surface area contributed by atoms with Gasteiger partial charge in [-0.05, 0) is 6.42 Å². The van der Waals surface area contributed by atoms with Crippen LogP contribution in [0.2, 0.25) is 0 Å². The molecule has 2 rings (SSSR count). The Kier molecular flexibility index (Phi) is 6.67. The first kappa shape index (κ1) is 18.6. The maximum Gasteiger partial charge on any atom is 0.270 e. The molecule has 23 heavy (non-hydrogen) atoms. The van der Waals surface area contributed by atoms with Gasteiger partial charge >= 0.3 is 0 Å². The zero-order chi connectivity index (χ0) is 16.1. The summed E-state index contributed by atoms with van der Waals surface area (Å²) in [7, 11) is 0. The molecule has 0 radical (unpaired) electrons. The van der Waals surface area contributed by atoms with Crippen LogP contribution in [0.15, 0.2) is 30.3 Å². The maximum atomic E-state index is 11.8. The molecule has 0 fully saturated rings. The predicted octanol–water partition coefficient (Wildman–Crippen LogP) is 2.47. The van der Waals surface area contributed by atoms with E-state index in [-0.39, 0.29) is 24.0 Å². The minimum Gasteiger partial charge on any atom is -0.320 e. The molecule has 0 saturated heterocycles. The van der Waals surface area contributed by atoms with E-state index >= 15 is 0 Å². The Morgan fingerprint density at radius 1 is 1.48 bits per heavy atom. The SMILES string of the molecule is CCCC(N)C(=O)Nc1cc(-c2cccc([N+](=O)[O-])c2)[nH]n1.Cl. The average molecular weight is 340 g/mol. The van der Waals surface area contributed by atoms with Crippen LogP contribution in [0.4, 0.5) is 11.5 Å². The number of nitro groups is 1. The van der Waals surface area contributed by atoms with Crippen molar-refractivity contribution in [1.82, 2.24) is 10.2 Å². The topological polar surface area (TPSA) is 127 Å². The van der Waals surface area contributed by atoms with Gasteiger partial charge in [0.1, 0.15) is 0 Å². The number of aromatic nitrogens is 2. The highest BCUT2D eigenvalue weighted by molar-refractivity contribution is 5.94. The number of carbonyl (C=O) groups is 1. The fourth-order valence-corrected chi connectivity index (χ4v) is 1.98. The van der Waals surface area contributed by atoms with Gasteiger partial charge in [-0.25, -0.2) is 0 Å². The van der Waals surface area contributed by atoms with Gasteiger partial charge in [0.15, 0.2) is 5.82 Å². The highest BCUT2D eigenvalue weighted by Gasteiger charge is 2.15. The third-order valence-corrected chi connectivity index (χ3v) is 3.13. The molecule has 0 saturated carbocycles. The van der Waals surface area contributed by atoms with Crippen LogP contribution in [0.5, 0.6) is 0 Å². The molecule has 0 aliphatic rings. The highest BCUT2D eigenvalue weighted by Crippen LogP contribution is 2.23. The lowest BCUT2D eigenvalue weighted by molar-refractivity contribution is -0.384. The Bertz CT molecular complexity index is 689. The standard InChI is InChI=1S/C14H17N5O3.ClH/c1-2-4-11(15)14(20)16-13-8-12(17-18-13)9-5-3-6-10(7-9)19(21)22;/h3,5-8,11H,2,4,15H2,1H3,(H2,16,17,18,20);1H. The third-order valence-electron chi connectivity index (χ3n) is 3.13. The lowest BCUT2D eigenvalue weighted by Crippen LogP contribution is -2.35. The second kappa shape index (κ2) is 8.25. The second-order valence-electron chi connectivity index (χ2n) is 4.86. The summed E-state index contributed by atoms with van der Waals surface area (Å²) in [6, 6.07) is 7.17.